The fraction of sp³-hybridized carbons (Fsp3) is 0.471. The molecule has 1 saturated carbocycles. The summed E-state index contributed by atoms with van der Waals surface area (Å²) in [6.07, 6.45) is 2.20. The predicted octanol–water partition coefficient (Wildman–Crippen LogP) is 0.823. The van der Waals surface area contributed by atoms with Gasteiger partial charge in [0.1, 0.15) is 6.04 Å². The van der Waals surface area contributed by atoms with Crippen LogP contribution < -0.4 is 15.5 Å². The van der Waals surface area contributed by atoms with Crippen molar-refractivity contribution in [1.82, 2.24) is 10.6 Å². The van der Waals surface area contributed by atoms with Gasteiger partial charge in [-0.15, -0.1) is 0 Å². The van der Waals surface area contributed by atoms with Gasteiger partial charge in [-0.05, 0) is 31.9 Å². The van der Waals surface area contributed by atoms with E-state index in [2.05, 4.69) is 10.6 Å². The molecule has 1 aromatic rings. The normalized spacial score (nSPS) is 21.9. The van der Waals surface area contributed by atoms with Crippen molar-refractivity contribution in [3.05, 3.63) is 30.3 Å². The zero-order valence-electron chi connectivity index (χ0n) is 13.1. The van der Waals surface area contributed by atoms with Crippen LogP contribution in [0.15, 0.2) is 30.3 Å². The average molecular weight is 315 g/mol. The number of hydrogen-bond donors (Lipinski definition) is 2. The molecule has 1 heterocycles. The molecule has 2 unspecified atom stereocenters. The van der Waals surface area contributed by atoms with Gasteiger partial charge >= 0.3 is 0 Å². The minimum Gasteiger partial charge on any atom is -0.352 e. The molecule has 6 heteroatoms. The van der Waals surface area contributed by atoms with Crippen molar-refractivity contribution in [2.45, 2.75) is 38.3 Å². The summed E-state index contributed by atoms with van der Waals surface area (Å²) in [7, 11) is 0. The molecule has 1 saturated heterocycles. The van der Waals surface area contributed by atoms with Crippen molar-refractivity contribution in [2.24, 2.45) is 5.92 Å². The van der Waals surface area contributed by atoms with Crippen LogP contribution in [0.5, 0.6) is 0 Å². The Labute approximate surface area is 135 Å². The first-order valence-corrected chi connectivity index (χ1v) is 8.01. The molecule has 2 N–H and O–H groups in total. The standard InChI is InChI=1S/C17H21N3O3/c1-11(16(22)19-13-7-8-13)18-17(23)12-9-15(21)20(10-12)14-5-3-2-4-6-14/h2-6,11-13H,7-10H2,1H3,(H,18,23)(H,19,22). The summed E-state index contributed by atoms with van der Waals surface area (Å²) < 4.78 is 0. The van der Waals surface area contributed by atoms with Crippen LogP contribution in [0.2, 0.25) is 0 Å². The Morgan fingerprint density at radius 1 is 1.22 bits per heavy atom. The molecule has 0 spiro atoms. The highest BCUT2D eigenvalue weighted by molar-refractivity contribution is 6.01. The van der Waals surface area contributed by atoms with Crippen molar-refractivity contribution >= 4 is 23.4 Å². The zero-order chi connectivity index (χ0) is 16.4. The van der Waals surface area contributed by atoms with Crippen molar-refractivity contribution in [1.29, 1.82) is 0 Å². The second-order valence-corrected chi connectivity index (χ2v) is 6.25. The maximum atomic E-state index is 12.3. The van der Waals surface area contributed by atoms with Gasteiger partial charge < -0.3 is 15.5 Å². The van der Waals surface area contributed by atoms with Crippen LogP contribution in [0.4, 0.5) is 5.69 Å². The van der Waals surface area contributed by atoms with E-state index in [0.717, 1.165) is 18.5 Å². The van der Waals surface area contributed by atoms with Crippen LogP contribution in [0.25, 0.3) is 0 Å². The number of carbonyl (C=O) groups excluding carboxylic acids is 3. The summed E-state index contributed by atoms with van der Waals surface area (Å²) in [6.45, 7) is 2.02. The number of amides is 3. The molecule has 2 fully saturated rings. The van der Waals surface area contributed by atoms with Gasteiger partial charge in [0.15, 0.2) is 0 Å². The first-order chi connectivity index (χ1) is 11.0. The number of nitrogens with zero attached hydrogens (tertiary/aromatic N) is 1. The lowest BCUT2D eigenvalue weighted by molar-refractivity contribution is -0.131. The Hall–Kier alpha value is -2.37. The molecule has 1 aliphatic carbocycles. The van der Waals surface area contributed by atoms with Gasteiger partial charge in [-0.25, -0.2) is 0 Å². The SMILES string of the molecule is CC(NC(=O)C1CC(=O)N(c2ccccc2)C1)C(=O)NC1CC1. The Bertz CT molecular complexity index is 613. The molecular formula is C17H21N3O3. The van der Waals surface area contributed by atoms with Gasteiger partial charge in [-0.1, -0.05) is 18.2 Å². The van der Waals surface area contributed by atoms with Gasteiger partial charge in [0.25, 0.3) is 0 Å². The highest BCUT2D eigenvalue weighted by Gasteiger charge is 2.36. The van der Waals surface area contributed by atoms with E-state index in [1.807, 2.05) is 30.3 Å². The lowest BCUT2D eigenvalue weighted by Crippen LogP contribution is -2.47. The molecule has 2 atom stereocenters. The van der Waals surface area contributed by atoms with Crippen LogP contribution in [-0.2, 0) is 14.4 Å². The van der Waals surface area contributed by atoms with E-state index in [0.29, 0.717) is 6.54 Å². The second kappa shape index (κ2) is 6.40. The summed E-state index contributed by atoms with van der Waals surface area (Å²) in [5.74, 6) is -0.884. The Morgan fingerprint density at radius 3 is 2.57 bits per heavy atom. The van der Waals surface area contributed by atoms with E-state index in [-0.39, 0.29) is 30.2 Å². The number of hydrogen-bond acceptors (Lipinski definition) is 3. The lowest BCUT2D eigenvalue weighted by atomic mass is 10.1. The van der Waals surface area contributed by atoms with Crippen LogP contribution in [0.3, 0.4) is 0 Å². The number of benzene rings is 1. The molecule has 2 aliphatic rings. The minimum atomic E-state index is -0.580. The number of carbonyl (C=O) groups is 3. The van der Waals surface area contributed by atoms with Gasteiger partial charge in [0.05, 0.1) is 5.92 Å². The smallest absolute Gasteiger partial charge is 0.242 e. The zero-order valence-corrected chi connectivity index (χ0v) is 13.1. The third kappa shape index (κ3) is 3.70. The summed E-state index contributed by atoms with van der Waals surface area (Å²) in [5.41, 5.74) is 0.798. The fourth-order valence-electron chi connectivity index (χ4n) is 2.69. The van der Waals surface area contributed by atoms with Crippen molar-refractivity contribution < 1.29 is 14.4 Å². The maximum absolute atomic E-state index is 12.3. The molecule has 1 aliphatic heterocycles. The minimum absolute atomic E-state index is 0.0635. The van der Waals surface area contributed by atoms with Crippen molar-refractivity contribution in [2.75, 3.05) is 11.4 Å². The molecule has 3 rings (SSSR count). The first-order valence-electron chi connectivity index (χ1n) is 8.01. The monoisotopic (exact) mass is 315 g/mol. The topological polar surface area (TPSA) is 78.5 Å². The molecule has 0 aromatic heterocycles. The molecule has 122 valence electrons. The first kappa shape index (κ1) is 15.5. The Kier molecular flexibility index (Phi) is 4.32. The highest BCUT2D eigenvalue weighted by Crippen LogP contribution is 2.25. The number of nitrogens with one attached hydrogen (secondary N) is 2. The molecule has 6 nitrogen and oxygen atoms in total. The third-order valence-corrected chi connectivity index (χ3v) is 4.24. The van der Waals surface area contributed by atoms with E-state index in [4.69, 9.17) is 0 Å². The van der Waals surface area contributed by atoms with E-state index < -0.39 is 12.0 Å². The average Bonchev–Trinajstić information content (AvgIpc) is 3.27. The number of anilines is 1. The Morgan fingerprint density at radius 2 is 1.91 bits per heavy atom. The molecule has 1 aromatic carbocycles. The highest BCUT2D eigenvalue weighted by atomic mass is 16.2. The van der Waals surface area contributed by atoms with Crippen LogP contribution in [0.1, 0.15) is 26.2 Å². The summed E-state index contributed by atoms with van der Waals surface area (Å²) in [4.78, 5) is 38.0. The Balaban J connectivity index is 1.56. The third-order valence-electron chi connectivity index (χ3n) is 4.24. The van der Waals surface area contributed by atoms with E-state index in [1.165, 1.54) is 0 Å². The molecule has 23 heavy (non-hydrogen) atoms. The van der Waals surface area contributed by atoms with Crippen LogP contribution >= 0.6 is 0 Å². The molecule has 0 bridgehead atoms. The summed E-state index contributed by atoms with van der Waals surface area (Å²) in [5, 5.41) is 5.58. The predicted molar refractivity (Wildman–Crippen MR) is 85.7 cm³/mol. The van der Waals surface area contributed by atoms with Crippen molar-refractivity contribution in [3.63, 3.8) is 0 Å². The summed E-state index contributed by atoms with van der Waals surface area (Å²) in [6, 6.07) is 9.00. The van der Waals surface area contributed by atoms with Crippen LogP contribution in [0, 0.1) is 5.92 Å². The van der Waals surface area contributed by atoms with E-state index in [1.54, 1.807) is 11.8 Å². The van der Waals surface area contributed by atoms with Gasteiger partial charge in [0, 0.05) is 24.7 Å². The van der Waals surface area contributed by atoms with Crippen LogP contribution in [-0.4, -0.2) is 36.3 Å². The van der Waals surface area contributed by atoms with E-state index in [9.17, 15) is 14.4 Å². The van der Waals surface area contributed by atoms with Crippen molar-refractivity contribution in [3.8, 4) is 0 Å². The number of rotatable bonds is 5. The lowest BCUT2D eigenvalue weighted by Gasteiger charge is -2.18. The second-order valence-electron chi connectivity index (χ2n) is 6.25. The van der Waals surface area contributed by atoms with Gasteiger partial charge in [-0.3, -0.25) is 14.4 Å². The largest absolute Gasteiger partial charge is 0.352 e. The number of para-hydroxylation sites is 1. The molecule has 0 radical (unpaired) electrons. The summed E-state index contributed by atoms with van der Waals surface area (Å²) >= 11 is 0. The van der Waals surface area contributed by atoms with E-state index >= 15 is 0 Å². The van der Waals surface area contributed by atoms with Gasteiger partial charge in [0.2, 0.25) is 17.7 Å². The molecule has 3 amide bonds. The fourth-order valence-corrected chi connectivity index (χ4v) is 2.69. The molecular weight excluding hydrogens is 294 g/mol. The van der Waals surface area contributed by atoms with Gasteiger partial charge in [-0.2, -0.15) is 0 Å². The maximum Gasteiger partial charge on any atom is 0.242 e. The quantitative estimate of drug-likeness (QED) is 0.844.